The van der Waals surface area contributed by atoms with Crippen LogP contribution in [-0.4, -0.2) is 32.2 Å². The number of hydrogen-bond acceptors (Lipinski definition) is 9. The van der Waals surface area contributed by atoms with Crippen molar-refractivity contribution in [3.05, 3.63) is 73.8 Å². The van der Waals surface area contributed by atoms with Crippen molar-refractivity contribution in [3.8, 4) is 11.4 Å². The highest BCUT2D eigenvalue weighted by Crippen LogP contribution is 2.38. The summed E-state index contributed by atoms with van der Waals surface area (Å²) in [5.74, 6) is 5.61. The lowest BCUT2D eigenvalue weighted by molar-refractivity contribution is -0.157. The highest BCUT2D eigenvalue weighted by Gasteiger charge is 2.34. The van der Waals surface area contributed by atoms with Gasteiger partial charge in [0.15, 0.2) is 6.10 Å². The Bertz CT molecular complexity index is 1490. The molecule has 10 heteroatoms. The molecule has 2 aliphatic heterocycles. The highest BCUT2D eigenvalue weighted by molar-refractivity contribution is 5.89. The molecule has 5 rings (SSSR count). The molecule has 1 unspecified atom stereocenters. The third-order valence-corrected chi connectivity index (χ3v) is 7.03. The van der Waals surface area contributed by atoms with E-state index in [0.29, 0.717) is 43.1 Å². The molecule has 202 valence electrons. The number of cyclic esters (lactones) is 1. The smallest absolute Gasteiger partial charge is 0.340 e. The number of aliphatic hydroxyl groups is 1. The summed E-state index contributed by atoms with van der Waals surface area (Å²) in [6.45, 7) is 9.10. The van der Waals surface area contributed by atoms with Crippen LogP contribution in [0.4, 0.5) is 0 Å². The summed E-state index contributed by atoms with van der Waals surface area (Å²) in [6.07, 6.45) is 1.63. The Morgan fingerprint density at radius 2 is 1.92 bits per heavy atom. The number of esters is 1. The average Bonchev–Trinajstić information content (AvgIpc) is 3.26. The number of fused-ring (bicyclic) bond motifs is 5. The van der Waals surface area contributed by atoms with E-state index in [1.165, 1.54) is 0 Å². The van der Waals surface area contributed by atoms with Crippen molar-refractivity contribution >= 4 is 16.9 Å². The van der Waals surface area contributed by atoms with E-state index in [1.807, 2.05) is 33.8 Å². The Balaban J connectivity index is 0.00000164. The van der Waals surface area contributed by atoms with Gasteiger partial charge in [0.05, 0.1) is 35.6 Å². The zero-order valence-electron chi connectivity index (χ0n) is 22.4. The minimum atomic E-state index is -1.50. The van der Waals surface area contributed by atoms with Crippen LogP contribution in [0.2, 0.25) is 0 Å². The second kappa shape index (κ2) is 10.9. The lowest BCUT2D eigenvalue weighted by Gasteiger charge is -2.21. The van der Waals surface area contributed by atoms with Gasteiger partial charge in [0.1, 0.15) is 6.61 Å². The molecule has 38 heavy (non-hydrogen) atoms. The summed E-state index contributed by atoms with van der Waals surface area (Å²) < 4.78 is 6.62. The summed E-state index contributed by atoms with van der Waals surface area (Å²) in [7, 11) is 0. The van der Waals surface area contributed by atoms with Crippen LogP contribution in [0.25, 0.3) is 22.3 Å². The summed E-state index contributed by atoms with van der Waals surface area (Å²) in [5.41, 5.74) is 18.6. The van der Waals surface area contributed by atoms with Crippen molar-refractivity contribution in [3.63, 3.8) is 0 Å². The predicted molar refractivity (Wildman–Crippen MR) is 146 cm³/mol. The van der Waals surface area contributed by atoms with Gasteiger partial charge in [0, 0.05) is 28.4 Å². The van der Waals surface area contributed by atoms with Crippen molar-refractivity contribution in [1.29, 1.82) is 0 Å². The van der Waals surface area contributed by atoms with Gasteiger partial charge in [-0.3, -0.25) is 4.79 Å². The quantitative estimate of drug-likeness (QED) is 0.170. The molecule has 0 radical (unpaired) electrons. The number of aromatic nitrogens is 2. The van der Waals surface area contributed by atoms with E-state index in [2.05, 4.69) is 6.07 Å². The van der Waals surface area contributed by atoms with E-state index < -0.39 is 12.1 Å². The van der Waals surface area contributed by atoms with E-state index in [4.69, 9.17) is 27.0 Å². The molecule has 0 bridgehead atoms. The van der Waals surface area contributed by atoms with E-state index in [9.17, 15) is 14.7 Å². The second-order valence-electron chi connectivity index (χ2n) is 9.50. The van der Waals surface area contributed by atoms with Crippen LogP contribution in [-0.2, 0) is 29.2 Å². The standard InChI is InChI=1S/C26H30N6O4.C2H6/c1-13-6-16-18(10-31(29)9-15(28)4-3-5-27)19-11-32-22(23(19)30-21(16)7-14(13)2)8-17-20(25(32)34)12-36-26(35)24(17)33;1-2/h6-9,24,33H,3-5,10-12,27-29H2,1-2H3;1-2H3/b15-9-;. The van der Waals surface area contributed by atoms with Crippen LogP contribution in [0.3, 0.4) is 0 Å². The van der Waals surface area contributed by atoms with Gasteiger partial charge in [-0.15, -0.1) is 0 Å². The fourth-order valence-electron chi connectivity index (χ4n) is 4.96. The maximum atomic E-state index is 13.4. The van der Waals surface area contributed by atoms with Crippen molar-refractivity contribution in [1.82, 2.24) is 14.6 Å². The van der Waals surface area contributed by atoms with Gasteiger partial charge in [0.2, 0.25) is 0 Å². The van der Waals surface area contributed by atoms with Crippen LogP contribution >= 0.6 is 0 Å². The Kier molecular flexibility index (Phi) is 7.86. The average molecular weight is 521 g/mol. The van der Waals surface area contributed by atoms with Crippen LogP contribution in [0, 0.1) is 13.8 Å². The Morgan fingerprint density at radius 3 is 2.63 bits per heavy atom. The van der Waals surface area contributed by atoms with Crippen molar-refractivity contribution < 1.29 is 14.6 Å². The topological polar surface area (TPSA) is 163 Å². The molecule has 4 heterocycles. The van der Waals surface area contributed by atoms with Crippen molar-refractivity contribution in [2.45, 2.75) is 66.3 Å². The molecular weight excluding hydrogens is 484 g/mol. The predicted octanol–water partition coefficient (Wildman–Crippen LogP) is 2.37. The fraction of sp³-hybridized carbons (Fsp3) is 0.393. The molecule has 1 atom stereocenters. The molecule has 0 saturated carbocycles. The molecule has 0 fully saturated rings. The van der Waals surface area contributed by atoms with Crippen molar-refractivity contribution in [2.24, 2.45) is 17.3 Å². The third kappa shape index (κ3) is 4.78. The summed E-state index contributed by atoms with van der Waals surface area (Å²) in [4.78, 5) is 30.2. The molecule has 2 aliphatic rings. The number of carbonyl (C=O) groups excluding carboxylic acids is 1. The van der Waals surface area contributed by atoms with Gasteiger partial charge < -0.3 is 30.9 Å². The number of aryl methyl sites for hydroxylation is 2. The number of rotatable bonds is 6. The van der Waals surface area contributed by atoms with E-state index >= 15 is 0 Å². The number of aliphatic hydroxyl groups excluding tert-OH is 1. The largest absolute Gasteiger partial charge is 0.458 e. The van der Waals surface area contributed by atoms with E-state index in [-0.39, 0.29) is 23.3 Å². The van der Waals surface area contributed by atoms with Gasteiger partial charge in [0.25, 0.3) is 5.56 Å². The molecule has 2 aromatic heterocycles. The molecule has 0 spiro atoms. The number of nitrogens with two attached hydrogens (primary N) is 3. The van der Waals surface area contributed by atoms with Crippen LogP contribution in [0.15, 0.2) is 34.9 Å². The van der Waals surface area contributed by atoms with Gasteiger partial charge in [-0.1, -0.05) is 13.8 Å². The van der Waals surface area contributed by atoms with Gasteiger partial charge in [-0.05, 0) is 68.1 Å². The van der Waals surface area contributed by atoms with Gasteiger partial charge in [-0.25, -0.2) is 15.6 Å². The number of hydrogen-bond donors (Lipinski definition) is 4. The van der Waals surface area contributed by atoms with Crippen molar-refractivity contribution in [2.75, 3.05) is 6.54 Å². The number of hydrazine groups is 1. The maximum absolute atomic E-state index is 13.4. The fourth-order valence-corrected chi connectivity index (χ4v) is 4.96. The van der Waals surface area contributed by atoms with Crippen LogP contribution in [0.5, 0.6) is 0 Å². The molecule has 3 aromatic rings. The molecule has 7 N–H and O–H groups in total. The minimum absolute atomic E-state index is 0.162. The Hall–Kier alpha value is -3.73. The lowest BCUT2D eigenvalue weighted by Crippen LogP contribution is -2.32. The first kappa shape index (κ1) is 27.3. The number of allylic oxidation sites excluding steroid dienone is 1. The summed E-state index contributed by atoms with van der Waals surface area (Å²) in [5, 5.41) is 12.9. The molecule has 0 aliphatic carbocycles. The first-order chi connectivity index (χ1) is 18.2. The first-order valence-corrected chi connectivity index (χ1v) is 12.9. The lowest BCUT2D eigenvalue weighted by atomic mass is 9.96. The van der Waals surface area contributed by atoms with E-state index in [1.54, 1.807) is 21.8 Å². The number of nitrogens with zero attached hydrogens (tertiary/aromatic N) is 3. The highest BCUT2D eigenvalue weighted by atomic mass is 16.5. The molecule has 10 nitrogen and oxygen atoms in total. The monoisotopic (exact) mass is 520 g/mol. The van der Waals surface area contributed by atoms with Crippen LogP contribution < -0.4 is 22.9 Å². The normalized spacial score (nSPS) is 15.8. The second-order valence-corrected chi connectivity index (χ2v) is 9.50. The number of ether oxygens (including phenoxy) is 1. The summed E-state index contributed by atoms with van der Waals surface area (Å²) in [6, 6.07) is 5.80. The molecule has 0 amide bonds. The Labute approximate surface area is 221 Å². The number of carbonyl (C=O) groups is 1. The SMILES string of the molecule is CC.Cc1cc2nc3c(c(CN(N)/C=C(\N)CCCN)c2cc1C)Cn1c-3cc2c(c1=O)COC(=O)C2O. The number of benzene rings is 1. The molecule has 1 aromatic carbocycles. The van der Waals surface area contributed by atoms with Gasteiger partial charge in [-0.2, -0.15) is 0 Å². The Morgan fingerprint density at radius 1 is 1.21 bits per heavy atom. The van der Waals surface area contributed by atoms with E-state index in [0.717, 1.165) is 39.6 Å². The zero-order chi connectivity index (χ0) is 27.7. The first-order valence-electron chi connectivity index (χ1n) is 12.9. The summed E-state index contributed by atoms with van der Waals surface area (Å²) >= 11 is 0. The maximum Gasteiger partial charge on any atom is 0.340 e. The molecular formula is C28H36N6O4. The van der Waals surface area contributed by atoms with Crippen LogP contribution in [0.1, 0.15) is 66.2 Å². The third-order valence-electron chi connectivity index (χ3n) is 7.03. The minimum Gasteiger partial charge on any atom is -0.458 e. The molecule has 0 saturated heterocycles. The van der Waals surface area contributed by atoms with Gasteiger partial charge >= 0.3 is 5.97 Å². The zero-order valence-corrected chi connectivity index (χ0v) is 22.4. The number of pyridine rings is 2.